The van der Waals surface area contributed by atoms with Gasteiger partial charge in [-0.1, -0.05) is 77.0 Å². The summed E-state index contributed by atoms with van der Waals surface area (Å²) in [4.78, 5) is 89.2. The number of carboxylic acids is 2. The number of aliphatic carboxylic acids is 2. The van der Waals surface area contributed by atoms with Crippen LogP contribution in [0.3, 0.4) is 0 Å². The highest BCUT2D eigenvalue weighted by atomic mass is 16.5. The summed E-state index contributed by atoms with van der Waals surface area (Å²) >= 11 is 0. The van der Waals surface area contributed by atoms with Crippen molar-refractivity contribution in [3.05, 3.63) is 18.2 Å². The van der Waals surface area contributed by atoms with Crippen LogP contribution in [0.5, 0.6) is 0 Å². The first kappa shape index (κ1) is 59.5. The molecule has 0 aromatic carbocycles. The average Bonchev–Trinajstić information content (AvgIpc) is 3.80. The van der Waals surface area contributed by atoms with Gasteiger partial charge in [0.2, 0.25) is 23.6 Å². The molecule has 0 saturated carbocycles. The number of carbonyl (C=O) groups excluding carboxylic acids is 5. The highest BCUT2D eigenvalue weighted by Crippen LogP contribution is 2.14. The maximum Gasteiger partial charge on any atom is 0.322 e. The first-order valence-electron chi connectivity index (χ1n) is 23.7. The van der Waals surface area contributed by atoms with E-state index in [-0.39, 0.29) is 89.7 Å². The molecular formula is C45H79N8O13. The SMILES string of the molecule is [NH][C@@H](Cc1cnc[nH]1)C(=O)CN[C@@H](CCCCNC(=O)COCCOCCNC(=O)COCCOCCNC(=O)CCCCCCCCCCCCCCCCC(=O)O)C(=O)NCC(=O)O. The highest BCUT2D eigenvalue weighted by molar-refractivity contribution is 5.88. The van der Waals surface area contributed by atoms with Crippen LogP contribution in [0.25, 0.3) is 0 Å². The lowest BCUT2D eigenvalue weighted by Gasteiger charge is -2.19. The van der Waals surface area contributed by atoms with E-state index in [1.54, 1.807) is 0 Å². The van der Waals surface area contributed by atoms with Crippen LogP contribution in [0.4, 0.5) is 0 Å². The molecule has 1 radical (unpaired) electrons. The van der Waals surface area contributed by atoms with E-state index in [0.29, 0.717) is 51.3 Å². The van der Waals surface area contributed by atoms with Gasteiger partial charge in [0.05, 0.1) is 64.6 Å². The Labute approximate surface area is 389 Å². The Morgan fingerprint density at radius 3 is 1.58 bits per heavy atom. The van der Waals surface area contributed by atoms with Crippen molar-refractivity contribution in [2.75, 3.05) is 85.6 Å². The fourth-order valence-electron chi connectivity index (χ4n) is 6.56. The van der Waals surface area contributed by atoms with Gasteiger partial charge in [-0.25, -0.2) is 10.7 Å². The normalized spacial score (nSPS) is 12.0. The molecule has 0 aliphatic heterocycles. The Kier molecular flexibility index (Phi) is 37.7. The van der Waals surface area contributed by atoms with Crippen molar-refractivity contribution in [3.63, 3.8) is 0 Å². The van der Waals surface area contributed by atoms with E-state index >= 15 is 0 Å². The fourth-order valence-corrected chi connectivity index (χ4v) is 6.56. The zero-order chi connectivity index (χ0) is 48.3. The smallest absolute Gasteiger partial charge is 0.322 e. The van der Waals surface area contributed by atoms with Gasteiger partial charge in [-0.3, -0.25) is 38.9 Å². The van der Waals surface area contributed by atoms with Gasteiger partial charge in [0.15, 0.2) is 5.78 Å². The number of unbranched alkanes of at least 4 members (excludes halogenated alkanes) is 14. The second kappa shape index (κ2) is 41.9. The molecule has 66 heavy (non-hydrogen) atoms. The molecule has 1 rings (SSSR count). The molecule has 1 aromatic heterocycles. The second-order valence-corrected chi connectivity index (χ2v) is 16.1. The summed E-state index contributed by atoms with van der Waals surface area (Å²) in [5, 5.41) is 30.9. The number of H-pyrrole nitrogens is 1. The molecule has 0 saturated heterocycles. The van der Waals surface area contributed by atoms with E-state index in [1.807, 2.05) is 0 Å². The molecule has 1 aromatic rings. The number of carboxylic acid groups (broad SMARTS) is 2. The summed E-state index contributed by atoms with van der Waals surface area (Å²) in [5.74, 6) is -3.53. The number of amides is 4. The van der Waals surface area contributed by atoms with Crippen LogP contribution in [0.15, 0.2) is 12.5 Å². The zero-order valence-corrected chi connectivity index (χ0v) is 39.0. The minimum Gasteiger partial charge on any atom is -0.481 e. The number of ether oxygens (including phenoxy) is 4. The van der Waals surface area contributed by atoms with Gasteiger partial charge in [-0.15, -0.1) is 0 Å². The largest absolute Gasteiger partial charge is 0.481 e. The number of nitrogens with one attached hydrogen (secondary N) is 7. The lowest BCUT2D eigenvalue weighted by atomic mass is 10.0. The van der Waals surface area contributed by atoms with Gasteiger partial charge in [0.25, 0.3) is 0 Å². The molecule has 21 heteroatoms. The molecule has 4 amide bonds. The van der Waals surface area contributed by atoms with Crippen molar-refractivity contribution in [3.8, 4) is 0 Å². The Bertz CT molecular complexity index is 1450. The molecule has 0 aliphatic rings. The van der Waals surface area contributed by atoms with Gasteiger partial charge in [0.1, 0.15) is 19.8 Å². The maximum absolute atomic E-state index is 12.5. The molecule has 0 unspecified atom stereocenters. The summed E-state index contributed by atoms with van der Waals surface area (Å²) < 4.78 is 21.5. The minimum absolute atomic E-state index is 0.0249. The van der Waals surface area contributed by atoms with Crippen LogP contribution in [0.2, 0.25) is 0 Å². The van der Waals surface area contributed by atoms with Crippen LogP contribution in [0.1, 0.15) is 128 Å². The Morgan fingerprint density at radius 2 is 1.06 bits per heavy atom. The van der Waals surface area contributed by atoms with Crippen LogP contribution in [-0.2, 0) is 58.9 Å². The lowest BCUT2D eigenvalue weighted by Crippen LogP contribution is -2.48. The molecule has 2 atom stereocenters. The van der Waals surface area contributed by atoms with Gasteiger partial charge < -0.3 is 55.4 Å². The summed E-state index contributed by atoms with van der Waals surface area (Å²) in [5.41, 5.74) is 8.71. The number of rotatable bonds is 47. The molecule has 377 valence electrons. The topological polar surface area (TPSA) is 309 Å². The van der Waals surface area contributed by atoms with Crippen molar-refractivity contribution in [2.24, 2.45) is 0 Å². The zero-order valence-electron chi connectivity index (χ0n) is 39.0. The van der Waals surface area contributed by atoms with E-state index in [9.17, 15) is 33.6 Å². The lowest BCUT2D eigenvalue weighted by molar-refractivity contribution is -0.138. The Hall–Kier alpha value is -4.54. The summed E-state index contributed by atoms with van der Waals surface area (Å²) in [7, 11) is 0. The summed E-state index contributed by atoms with van der Waals surface area (Å²) in [6.07, 6.45) is 21.2. The van der Waals surface area contributed by atoms with Crippen molar-refractivity contribution < 1.29 is 62.7 Å². The third-order valence-corrected chi connectivity index (χ3v) is 10.3. The van der Waals surface area contributed by atoms with Crippen LogP contribution < -0.4 is 32.3 Å². The Balaban J connectivity index is 1.91. The van der Waals surface area contributed by atoms with E-state index in [2.05, 4.69) is 36.6 Å². The third kappa shape index (κ3) is 37.7. The number of hydrogen-bond acceptors (Lipinski definition) is 13. The standard InChI is InChI=1S/C45H79N8O13/c46-37(29-36-30-47-35-53-36)39(54)31-51-38(45(62)52-32-44(60)61)17-15-16-20-48-41(56)33-65-27-26-64-24-22-50-42(57)34-66-28-25-63-23-21-49-40(55)18-13-11-9-7-5-3-1-2-4-6-8-10-12-14-19-43(58)59/h30,35,37-38,46,51H,1-29,31-34H2,(H,47,53)(H,48,56)(H,49,55)(H,50,57)(H,52,62)(H,58,59)(H,60,61)/t37-,38-/m0/s1. The number of nitrogens with zero attached hydrogens (tertiary/aromatic N) is 1. The Morgan fingerprint density at radius 1 is 0.561 bits per heavy atom. The average molecular weight is 940 g/mol. The summed E-state index contributed by atoms with van der Waals surface area (Å²) in [6.45, 7) is 1.39. The van der Waals surface area contributed by atoms with Gasteiger partial charge in [-0.2, -0.15) is 0 Å². The highest BCUT2D eigenvalue weighted by Gasteiger charge is 2.22. The second-order valence-electron chi connectivity index (χ2n) is 16.1. The van der Waals surface area contributed by atoms with E-state index in [4.69, 9.17) is 34.9 Å². The predicted octanol–water partition coefficient (Wildman–Crippen LogP) is 2.24. The van der Waals surface area contributed by atoms with Crippen molar-refractivity contribution >= 4 is 41.4 Å². The van der Waals surface area contributed by atoms with Gasteiger partial charge in [-0.05, 0) is 32.1 Å². The molecule has 21 nitrogen and oxygen atoms in total. The molecule has 9 N–H and O–H groups in total. The number of carbonyl (C=O) groups is 7. The van der Waals surface area contributed by atoms with Crippen molar-refractivity contribution in [1.29, 1.82) is 0 Å². The molecular weight excluding hydrogens is 861 g/mol. The fraction of sp³-hybridized carbons (Fsp3) is 0.778. The van der Waals surface area contributed by atoms with Crippen LogP contribution in [-0.4, -0.2) is 159 Å². The number of ketones is 1. The predicted molar refractivity (Wildman–Crippen MR) is 244 cm³/mol. The molecule has 0 fully saturated rings. The van der Waals surface area contributed by atoms with Gasteiger partial charge >= 0.3 is 11.9 Å². The van der Waals surface area contributed by atoms with Crippen molar-refractivity contribution in [1.82, 2.24) is 42.3 Å². The first-order valence-corrected chi connectivity index (χ1v) is 23.7. The number of aromatic nitrogens is 2. The number of aromatic amines is 1. The van der Waals surface area contributed by atoms with Gasteiger partial charge in [0, 0.05) is 50.8 Å². The molecule has 0 spiro atoms. The van der Waals surface area contributed by atoms with Crippen LogP contribution in [0, 0.1) is 0 Å². The molecule has 0 aliphatic carbocycles. The number of hydrogen-bond donors (Lipinski definition) is 8. The van der Waals surface area contributed by atoms with E-state index in [1.165, 1.54) is 63.9 Å². The maximum atomic E-state index is 12.5. The first-order chi connectivity index (χ1) is 32.0. The van der Waals surface area contributed by atoms with E-state index < -0.39 is 42.3 Å². The van der Waals surface area contributed by atoms with Crippen molar-refractivity contribution in [2.45, 2.75) is 141 Å². The third-order valence-electron chi connectivity index (χ3n) is 10.3. The van der Waals surface area contributed by atoms with E-state index in [0.717, 1.165) is 38.5 Å². The minimum atomic E-state index is -1.21. The monoisotopic (exact) mass is 940 g/mol. The number of Topliss-reactive ketones (excluding diaryl/α,β-unsaturated/α-hetero) is 1. The molecule has 0 bridgehead atoms. The number of imidazole rings is 1. The summed E-state index contributed by atoms with van der Waals surface area (Å²) in [6, 6.07) is -1.93. The molecule has 1 heterocycles. The van der Waals surface area contributed by atoms with Crippen LogP contribution >= 0.6 is 0 Å². The quantitative estimate of drug-likeness (QED) is 0.0435.